The number of carbonyl (C=O) groups excluding carboxylic acids is 1. The summed E-state index contributed by atoms with van der Waals surface area (Å²) in [6.45, 7) is 0.676. The van der Waals surface area contributed by atoms with Crippen LogP contribution in [-0.2, 0) is 21.2 Å². The van der Waals surface area contributed by atoms with Crippen molar-refractivity contribution in [3.05, 3.63) is 21.9 Å². The third-order valence-corrected chi connectivity index (χ3v) is 3.86. The standard InChI is InChI=1S/C12H16N2O3S2/c1-14(12(15)9-19(2,16)17)7-10-6-11(18-8-10)4-3-5-13/h6,8H,5,7,9,13H2,1-2H3. The maximum atomic E-state index is 11.6. The highest BCUT2D eigenvalue weighted by Gasteiger charge is 2.15. The van der Waals surface area contributed by atoms with Crippen molar-refractivity contribution >= 4 is 27.1 Å². The van der Waals surface area contributed by atoms with E-state index < -0.39 is 21.5 Å². The lowest BCUT2D eigenvalue weighted by Crippen LogP contribution is -2.31. The number of hydrogen-bond acceptors (Lipinski definition) is 5. The lowest BCUT2D eigenvalue weighted by atomic mass is 10.3. The average molecular weight is 300 g/mol. The van der Waals surface area contributed by atoms with Gasteiger partial charge in [-0.1, -0.05) is 11.8 Å². The molecule has 104 valence electrons. The van der Waals surface area contributed by atoms with Crippen LogP contribution in [0.3, 0.4) is 0 Å². The average Bonchev–Trinajstić information content (AvgIpc) is 2.71. The summed E-state index contributed by atoms with van der Waals surface area (Å²) in [5.74, 6) is 4.78. The van der Waals surface area contributed by atoms with Crippen molar-refractivity contribution in [3.63, 3.8) is 0 Å². The highest BCUT2D eigenvalue weighted by atomic mass is 32.2. The Labute approximate surface area is 117 Å². The van der Waals surface area contributed by atoms with E-state index in [0.29, 0.717) is 13.1 Å². The van der Waals surface area contributed by atoms with Crippen molar-refractivity contribution < 1.29 is 13.2 Å². The van der Waals surface area contributed by atoms with Crippen LogP contribution in [0.4, 0.5) is 0 Å². The molecule has 5 nitrogen and oxygen atoms in total. The Hall–Kier alpha value is -1.36. The zero-order chi connectivity index (χ0) is 14.5. The molecule has 1 rings (SSSR count). The minimum atomic E-state index is -3.29. The molecule has 7 heteroatoms. The topological polar surface area (TPSA) is 80.5 Å². The molecule has 0 saturated carbocycles. The van der Waals surface area contributed by atoms with Gasteiger partial charge in [0.1, 0.15) is 5.75 Å². The Morgan fingerprint density at radius 3 is 2.79 bits per heavy atom. The lowest BCUT2D eigenvalue weighted by molar-refractivity contribution is -0.127. The van der Waals surface area contributed by atoms with Crippen LogP contribution in [0.25, 0.3) is 0 Å². The smallest absolute Gasteiger partial charge is 0.237 e. The fourth-order valence-electron chi connectivity index (χ4n) is 1.36. The third-order valence-electron chi connectivity index (χ3n) is 2.20. The van der Waals surface area contributed by atoms with Crippen molar-refractivity contribution in [1.82, 2.24) is 4.90 Å². The third kappa shape index (κ3) is 5.87. The largest absolute Gasteiger partial charge is 0.341 e. The van der Waals surface area contributed by atoms with Gasteiger partial charge in [-0.25, -0.2) is 8.42 Å². The summed E-state index contributed by atoms with van der Waals surface area (Å²) in [5, 5.41) is 1.89. The van der Waals surface area contributed by atoms with Gasteiger partial charge in [-0.2, -0.15) is 0 Å². The van der Waals surface area contributed by atoms with Crippen LogP contribution in [0.15, 0.2) is 11.4 Å². The number of nitrogens with two attached hydrogens (primary N) is 1. The molecular formula is C12H16N2O3S2. The van der Waals surface area contributed by atoms with E-state index in [0.717, 1.165) is 16.7 Å². The van der Waals surface area contributed by atoms with E-state index >= 15 is 0 Å². The number of nitrogens with zero attached hydrogens (tertiary/aromatic N) is 1. The van der Waals surface area contributed by atoms with E-state index in [1.54, 1.807) is 7.05 Å². The first kappa shape index (κ1) is 15.7. The molecule has 0 spiro atoms. The predicted octanol–water partition coefficient (Wildman–Crippen LogP) is 0.0613. The van der Waals surface area contributed by atoms with E-state index in [4.69, 9.17) is 5.73 Å². The van der Waals surface area contributed by atoms with Gasteiger partial charge in [-0.3, -0.25) is 4.79 Å². The summed E-state index contributed by atoms with van der Waals surface area (Å²) >= 11 is 1.47. The van der Waals surface area contributed by atoms with Crippen molar-refractivity contribution in [3.8, 4) is 11.8 Å². The van der Waals surface area contributed by atoms with E-state index in [9.17, 15) is 13.2 Å². The Bertz CT molecular complexity index is 608. The molecule has 0 unspecified atom stereocenters. The zero-order valence-electron chi connectivity index (χ0n) is 10.8. The number of hydrogen-bond donors (Lipinski definition) is 1. The van der Waals surface area contributed by atoms with Crippen LogP contribution < -0.4 is 5.73 Å². The van der Waals surface area contributed by atoms with Gasteiger partial charge in [-0.05, 0) is 17.0 Å². The second-order valence-corrected chi connectivity index (χ2v) is 7.20. The summed E-state index contributed by atoms with van der Waals surface area (Å²) in [5.41, 5.74) is 6.21. The molecule has 0 fully saturated rings. The van der Waals surface area contributed by atoms with Gasteiger partial charge >= 0.3 is 0 Å². The van der Waals surface area contributed by atoms with Crippen LogP contribution >= 0.6 is 11.3 Å². The van der Waals surface area contributed by atoms with Crippen molar-refractivity contribution in [2.45, 2.75) is 6.54 Å². The minimum Gasteiger partial charge on any atom is -0.341 e. The highest BCUT2D eigenvalue weighted by molar-refractivity contribution is 7.91. The molecule has 0 aromatic carbocycles. The van der Waals surface area contributed by atoms with Crippen LogP contribution in [0.1, 0.15) is 10.4 Å². The fourth-order valence-corrected chi connectivity index (χ4v) is 2.80. The minimum absolute atomic E-state index is 0.306. The number of rotatable bonds is 4. The molecule has 1 aromatic rings. The van der Waals surface area contributed by atoms with Gasteiger partial charge in [0.05, 0.1) is 11.4 Å². The van der Waals surface area contributed by atoms with Crippen molar-refractivity contribution in [2.24, 2.45) is 5.73 Å². The second kappa shape index (κ2) is 6.70. The molecule has 0 atom stereocenters. The molecule has 19 heavy (non-hydrogen) atoms. The molecule has 1 heterocycles. The SMILES string of the molecule is CN(Cc1csc(C#CCN)c1)C(=O)CS(C)(=O)=O. The molecule has 0 aliphatic carbocycles. The van der Waals surface area contributed by atoms with E-state index in [2.05, 4.69) is 11.8 Å². The fraction of sp³-hybridized carbons (Fsp3) is 0.417. The zero-order valence-corrected chi connectivity index (χ0v) is 12.5. The Morgan fingerprint density at radius 1 is 1.53 bits per heavy atom. The van der Waals surface area contributed by atoms with Gasteiger partial charge in [-0.15, -0.1) is 11.3 Å². The highest BCUT2D eigenvalue weighted by Crippen LogP contribution is 2.15. The van der Waals surface area contributed by atoms with Gasteiger partial charge < -0.3 is 10.6 Å². The van der Waals surface area contributed by atoms with Gasteiger partial charge in [0.15, 0.2) is 9.84 Å². The first-order valence-electron chi connectivity index (χ1n) is 5.50. The van der Waals surface area contributed by atoms with Crippen molar-refractivity contribution in [2.75, 3.05) is 25.6 Å². The number of thiophene rings is 1. The first-order chi connectivity index (χ1) is 8.81. The van der Waals surface area contributed by atoms with Gasteiger partial charge in [0.25, 0.3) is 0 Å². The quantitative estimate of drug-likeness (QED) is 0.798. The number of sulfone groups is 1. The maximum Gasteiger partial charge on any atom is 0.237 e. The van der Waals surface area contributed by atoms with Crippen LogP contribution in [0, 0.1) is 11.8 Å². The molecule has 0 bridgehead atoms. The lowest BCUT2D eigenvalue weighted by Gasteiger charge is -2.15. The molecule has 2 N–H and O–H groups in total. The molecule has 0 aliphatic heterocycles. The Morgan fingerprint density at radius 2 is 2.21 bits per heavy atom. The van der Waals surface area contributed by atoms with E-state index in [-0.39, 0.29) is 0 Å². The van der Waals surface area contributed by atoms with Crippen LogP contribution in [-0.4, -0.2) is 44.8 Å². The van der Waals surface area contributed by atoms with E-state index in [1.807, 2.05) is 11.4 Å². The van der Waals surface area contributed by atoms with Gasteiger partial charge in [0.2, 0.25) is 5.91 Å². The number of carbonyl (C=O) groups is 1. The van der Waals surface area contributed by atoms with Crippen molar-refractivity contribution in [1.29, 1.82) is 0 Å². The van der Waals surface area contributed by atoms with Crippen LogP contribution in [0.2, 0.25) is 0 Å². The molecule has 1 aromatic heterocycles. The van der Waals surface area contributed by atoms with Gasteiger partial charge in [0, 0.05) is 19.8 Å². The van der Waals surface area contributed by atoms with Crippen LogP contribution in [0.5, 0.6) is 0 Å². The summed E-state index contributed by atoms with van der Waals surface area (Å²) in [4.78, 5) is 13.9. The summed E-state index contributed by atoms with van der Waals surface area (Å²) in [7, 11) is -1.71. The second-order valence-electron chi connectivity index (χ2n) is 4.14. The molecule has 0 aliphatic rings. The normalized spacial score (nSPS) is 10.7. The summed E-state index contributed by atoms with van der Waals surface area (Å²) < 4.78 is 22.1. The monoisotopic (exact) mass is 300 g/mol. The maximum absolute atomic E-state index is 11.6. The number of amides is 1. The molecule has 1 amide bonds. The van der Waals surface area contributed by atoms with E-state index in [1.165, 1.54) is 16.2 Å². The summed E-state index contributed by atoms with van der Waals surface area (Å²) in [6, 6.07) is 1.87. The Kier molecular flexibility index (Phi) is 5.54. The Balaban J connectivity index is 2.64. The predicted molar refractivity (Wildman–Crippen MR) is 76.4 cm³/mol. The first-order valence-corrected chi connectivity index (χ1v) is 8.44. The molecule has 0 saturated heterocycles. The molecular weight excluding hydrogens is 284 g/mol. The summed E-state index contributed by atoms with van der Waals surface area (Å²) in [6.07, 6.45) is 1.05. The molecule has 0 radical (unpaired) electrons.